The number of thiophene rings is 1. The number of nitrogens with zero attached hydrogens (tertiary/aromatic N) is 6. The number of anilines is 2. The van der Waals surface area contributed by atoms with Gasteiger partial charge in [0.15, 0.2) is 0 Å². The fourth-order valence-corrected chi connectivity index (χ4v) is 5.80. The van der Waals surface area contributed by atoms with Gasteiger partial charge >= 0.3 is 6.18 Å². The van der Waals surface area contributed by atoms with Crippen LogP contribution >= 0.6 is 11.3 Å². The number of alkyl halides is 3. The molecule has 4 aromatic heterocycles. The first-order chi connectivity index (χ1) is 20.2. The van der Waals surface area contributed by atoms with E-state index in [-0.39, 0.29) is 45.2 Å². The zero-order valence-corrected chi connectivity index (χ0v) is 23.0. The minimum atomic E-state index is -4.70. The van der Waals surface area contributed by atoms with E-state index in [1.54, 1.807) is 13.0 Å². The summed E-state index contributed by atoms with van der Waals surface area (Å²) in [7, 11) is 0. The molecule has 1 saturated heterocycles. The van der Waals surface area contributed by atoms with Gasteiger partial charge in [-0.15, -0.1) is 11.3 Å². The molecule has 216 valence electrons. The maximum Gasteiger partial charge on any atom is 0.417 e. The third-order valence-electron chi connectivity index (χ3n) is 6.74. The van der Waals surface area contributed by atoms with Gasteiger partial charge in [-0.1, -0.05) is 12.1 Å². The Morgan fingerprint density at radius 3 is 2.57 bits per heavy atom. The highest BCUT2D eigenvalue weighted by Gasteiger charge is 2.36. The lowest BCUT2D eigenvalue weighted by Crippen LogP contribution is -2.44. The highest BCUT2D eigenvalue weighted by molar-refractivity contribution is 7.25. The quantitative estimate of drug-likeness (QED) is 0.203. The van der Waals surface area contributed by atoms with Gasteiger partial charge in [0.2, 0.25) is 11.8 Å². The second-order valence-electron chi connectivity index (χ2n) is 9.42. The molecule has 1 aliphatic rings. The van der Waals surface area contributed by atoms with E-state index in [9.17, 15) is 23.2 Å². The minimum Gasteiger partial charge on any atom is -0.477 e. The number of halogens is 3. The Kier molecular flexibility index (Phi) is 7.35. The highest BCUT2D eigenvalue weighted by atomic mass is 32.1. The second-order valence-corrected chi connectivity index (χ2v) is 10.4. The lowest BCUT2D eigenvalue weighted by Gasteiger charge is -2.27. The van der Waals surface area contributed by atoms with Crippen LogP contribution in [0.25, 0.3) is 31.7 Å². The smallest absolute Gasteiger partial charge is 0.417 e. The van der Waals surface area contributed by atoms with Gasteiger partial charge in [0.25, 0.3) is 5.91 Å². The van der Waals surface area contributed by atoms with Crippen LogP contribution < -0.4 is 20.0 Å². The summed E-state index contributed by atoms with van der Waals surface area (Å²) in [4.78, 5) is 32.2. The van der Waals surface area contributed by atoms with Gasteiger partial charge in [-0.2, -0.15) is 23.2 Å². The van der Waals surface area contributed by atoms with Crippen LogP contribution in [0.1, 0.15) is 22.8 Å². The van der Waals surface area contributed by atoms with E-state index in [1.807, 2.05) is 4.90 Å². The Morgan fingerprint density at radius 1 is 1.14 bits per heavy atom. The normalized spacial score (nSPS) is 14.0. The highest BCUT2D eigenvalue weighted by Crippen LogP contribution is 2.45. The zero-order chi connectivity index (χ0) is 29.4. The van der Waals surface area contributed by atoms with E-state index in [2.05, 4.69) is 25.3 Å². The Morgan fingerprint density at radius 2 is 1.90 bits per heavy atom. The average molecular weight is 596 g/mol. The van der Waals surface area contributed by atoms with Gasteiger partial charge in [0.1, 0.15) is 15.0 Å². The Bertz CT molecular complexity index is 1760. The van der Waals surface area contributed by atoms with E-state index in [4.69, 9.17) is 4.74 Å². The number of nitrogens with one attached hydrogen (secondary N) is 1. The molecule has 5 heterocycles. The fourth-order valence-electron chi connectivity index (χ4n) is 4.72. The number of benzene rings is 1. The van der Waals surface area contributed by atoms with Crippen molar-refractivity contribution in [2.75, 3.05) is 42.7 Å². The molecule has 0 radical (unpaired) electrons. The molecule has 0 atom stereocenters. The number of aromatic nitrogens is 4. The predicted octanol–water partition coefficient (Wildman–Crippen LogP) is 5.16. The molecule has 1 amide bonds. The maximum atomic E-state index is 14.5. The maximum absolute atomic E-state index is 14.5. The summed E-state index contributed by atoms with van der Waals surface area (Å²) in [5.41, 5.74) is 0.0103. The molecule has 5 aromatic rings. The van der Waals surface area contributed by atoms with Crippen molar-refractivity contribution in [1.82, 2.24) is 25.3 Å². The molecule has 0 bridgehead atoms. The van der Waals surface area contributed by atoms with Crippen LogP contribution in [0.2, 0.25) is 0 Å². The molecule has 1 aromatic carbocycles. The van der Waals surface area contributed by atoms with Crippen LogP contribution in [-0.4, -0.2) is 63.8 Å². The molecule has 6 rings (SSSR count). The van der Waals surface area contributed by atoms with Crippen LogP contribution in [0, 0.1) is 0 Å². The number of hydrogen-bond donors (Lipinski definition) is 2. The lowest BCUT2D eigenvalue weighted by molar-refractivity contribution is -0.136. The third-order valence-corrected chi connectivity index (χ3v) is 7.80. The molecule has 42 heavy (non-hydrogen) atoms. The standard InChI is InChI=1S/C28H24F3N7O3S/c1-2-41-24-23-22(35-27(36-24)37-12-10-32-11-13-37)21-19(28(29,30)31)14-20(34-25(21)42-23)16-5-7-18(8-6-16)38(40)26(39)17-4-3-9-33-15-17/h3-9,14-15,32,40H,2,10-13H2,1H3. The zero-order valence-electron chi connectivity index (χ0n) is 22.2. The van der Waals surface area contributed by atoms with Crippen molar-refractivity contribution in [1.29, 1.82) is 0 Å². The average Bonchev–Trinajstić information content (AvgIpc) is 3.39. The number of fused-ring (bicyclic) bond motifs is 3. The number of hydroxylamine groups is 1. The fraction of sp³-hybridized carbons (Fsp3) is 0.250. The van der Waals surface area contributed by atoms with Gasteiger partial charge in [0, 0.05) is 44.1 Å². The summed E-state index contributed by atoms with van der Waals surface area (Å²) in [6.07, 6.45) is -1.89. The van der Waals surface area contributed by atoms with Gasteiger partial charge in [0.05, 0.1) is 34.5 Å². The Labute approximate surface area is 241 Å². The van der Waals surface area contributed by atoms with Gasteiger partial charge in [-0.3, -0.25) is 15.0 Å². The van der Waals surface area contributed by atoms with Crippen molar-refractivity contribution in [2.45, 2.75) is 13.1 Å². The van der Waals surface area contributed by atoms with Gasteiger partial charge in [-0.25, -0.2) is 9.97 Å². The van der Waals surface area contributed by atoms with Crippen molar-refractivity contribution in [3.8, 4) is 17.1 Å². The topological polar surface area (TPSA) is 117 Å². The summed E-state index contributed by atoms with van der Waals surface area (Å²) < 4.78 is 49.8. The largest absolute Gasteiger partial charge is 0.477 e. The number of piperazine rings is 1. The van der Waals surface area contributed by atoms with Crippen LogP contribution in [0.5, 0.6) is 5.88 Å². The van der Waals surface area contributed by atoms with Crippen LogP contribution in [0.15, 0.2) is 54.9 Å². The second kappa shape index (κ2) is 11.1. The molecule has 10 nitrogen and oxygen atoms in total. The number of carbonyl (C=O) groups excluding carboxylic acids is 1. The van der Waals surface area contributed by atoms with E-state index in [0.717, 1.165) is 17.4 Å². The van der Waals surface area contributed by atoms with Crippen LogP contribution in [0.4, 0.5) is 24.8 Å². The van der Waals surface area contributed by atoms with E-state index < -0.39 is 17.6 Å². The molecule has 2 N–H and O–H groups in total. The van der Waals surface area contributed by atoms with Crippen molar-refractivity contribution in [3.05, 3.63) is 66.0 Å². The number of carbonyl (C=O) groups is 1. The lowest BCUT2D eigenvalue weighted by atomic mass is 10.1. The number of pyridine rings is 2. The van der Waals surface area contributed by atoms with Crippen LogP contribution in [0.3, 0.4) is 0 Å². The number of hydrogen-bond acceptors (Lipinski definition) is 10. The summed E-state index contributed by atoms with van der Waals surface area (Å²) >= 11 is 1.04. The molecular weight excluding hydrogens is 571 g/mol. The molecule has 1 aliphatic heterocycles. The van der Waals surface area contributed by atoms with Gasteiger partial charge in [-0.05, 0) is 37.3 Å². The molecular formula is C28H24F3N7O3S. The van der Waals surface area contributed by atoms with Crippen molar-refractivity contribution < 1.29 is 27.9 Å². The Balaban J connectivity index is 1.44. The summed E-state index contributed by atoms with van der Waals surface area (Å²) in [6.45, 7) is 4.71. The first-order valence-electron chi connectivity index (χ1n) is 13.1. The van der Waals surface area contributed by atoms with E-state index >= 15 is 0 Å². The molecule has 0 saturated carbocycles. The first kappa shape index (κ1) is 27.8. The first-order valence-corrected chi connectivity index (χ1v) is 13.9. The molecule has 0 unspecified atom stereocenters. The monoisotopic (exact) mass is 595 g/mol. The third kappa shape index (κ3) is 5.19. The Hall–Kier alpha value is -4.40. The van der Waals surface area contributed by atoms with E-state index in [1.165, 1.54) is 42.7 Å². The van der Waals surface area contributed by atoms with Crippen molar-refractivity contribution in [3.63, 3.8) is 0 Å². The molecule has 14 heteroatoms. The number of ether oxygens (including phenoxy) is 1. The van der Waals surface area contributed by atoms with Crippen molar-refractivity contribution in [2.24, 2.45) is 0 Å². The number of amides is 1. The SMILES string of the molecule is CCOc1nc(N2CCNCC2)nc2c1sc1nc(-c3ccc(N(O)C(=O)c4cccnc4)cc3)cc(C(F)(F)F)c12. The molecule has 0 aliphatic carbocycles. The van der Waals surface area contributed by atoms with Gasteiger partial charge < -0.3 is 15.0 Å². The number of rotatable bonds is 6. The predicted molar refractivity (Wildman–Crippen MR) is 152 cm³/mol. The molecule has 0 spiro atoms. The van der Waals surface area contributed by atoms with E-state index in [0.29, 0.717) is 47.5 Å². The summed E-state index contributed by atoms with van der Waals surface area (Å²) in [5, 5.41) is 14.0. The summed E-state index contributed by atoms with van der Waals surface area (Å²) in [5.74, 6) is -0.167. The van der Waals surface area contributed by atoms with Crippen molar-refractivity contribution >= 4 is 49.3 Å². The summed E-state index contributed by atoms with van der Waals surface area (Å²) in [6, 6.07) is 9.89. The minimum absolute atomic E-state index is 0.0734. The van der Waals surface area contributed by atoms with Crippen LogP contribution in [-0.2, 0) is 6.18 Å². The molecule has 1 fully saturated rings.